The zero-order valence-electron chi connectivity index (χ0n) is 14.8. The molecule has 0 saturated heterocycles. The molecule has 3 N–H and O–H groups in total. The number of urea groups is 1. The summed E-state index contributed by atoms with van der Waals surface area (Å²) in [4.78, 5) is 29.4. The van der Waals surface area contributed by atoms with Crippen molar-refractivity contribution < 1.29 is 14.5 Å². The average Bonchev–Trinajstić information content (AvgIpc) is 2.87. The molecule has 1 aromatic heterocycles. The van der Waals surface area contributed by atoms with Crippen LogP contribution >= 0.6 is 11.3 Å². The summed E-state index contributed by atoms with van der Waals surface area (Å²) in [6, 6.07) is 7.59. The Hall–Kier alpha value is -1.99. The van der Waals surface area contributed by atoms with E-state index in [2.05, 4.69) is 15.6 Å². The van der Waals surface area contributed by atoms with Crippen LogP contribution in [0.3, 0.4) is 0 Å². The van der Waals surface area contributed by atoms with Crippen molar-refractivity contribution in [2.24, 2.45) is 0 Å². The van der Waals surface area contributed by atoms with Gasteiger partial charge in [0, 0.05) is 5.54 Å². The summed E-state index contributed by atoms with van der Waals surface area (Å²) in [5.74, 6) is -0.304. The van der Waals surface area contributed by atoms with E-state index in [0.29, 0.717) is 0 Å². The van der Waals surface area contributed by atoms with E-state index in [1.165, 1.54) is 0 Å². The molecule has 1 unspecified atom stereocenters. The lowest BCUT2D eigenvalue weighted by Crippen LogP contribution is -3.10. The van der Waals surface area contributed by atoms with Gasteiger partial charge in [-0.15, -0.1) is 11.3 Å². The number of likely N-dealkylation sites (N-methyl/N-ethyl adjacent to an activating group) is 1. The first-order chi connectivity index (χ1) is 11.2. The molecule has 1 aromatic carbocycles. The highest BCUT2D eigenvalue weighted by Gasteiger charge is 2.23. The molecule has 0 radical (unpaired) electrons. The Morgan fingerprint density at radius 2 is 1.96 bits per heavy atom. The van der Waals surface area contributed by atoms with E-state index in [4.69, 9.17) is 0 Å². The van der Waals surface area contributed by atoms with Gasteiger partial charge in [-0.2, -0.15) is 0 Å². The van der Waals surface area contributed by atoms with Gasteiger partial charge >= 0.3 is 6.03 Å². The Bertz CT molecular complexity index is 703. The lowest BCUT2D eigenvalue weighted by Gasteiger charge is -2.22. The number of hydrogen-bond acceptors (Lipinski definition) is 4. The molecule has 130 valence electrons. The smallest absolute Gasteiger partial charge is 0.322 e. The van der Waals surface area contributed by atoms with Crippen molar-refractivity contribution in [3.8, 4) is 0 Å². The quantitative estimate of drug-likeness (QED) is 0.783. The van der Waals surface area contributed by atoms with Crippen molar-refractivity contribution in [2.75, 3.05) is 13.6 Å². The molecule has 1 heterocycles. The summed E-state index contributed by atoms with van der Waals surface area (Å²) in [5, 5.41) is 6.07. The number of carbonyl (C=O) groups excluding carboxylic acids is 2. The van der Waals surface area contributed by atoms with Gasteiger partial charge in [-0.25, -0.2) is 9.78 Å². The minimum Gasteiger partial charge on any atom is -0.333 e. The predicted molar refractivity (Wildman–Crippen MR) is 96.2 cm³/mol. The highest BCUT2D eigenvalue weighted by Crippen LogP contribution is 2.24. The van der Waals surface area contributed by atoms with Crippen LogP contribution in [-0.4, -0.2) is 36.1 Å². The fourth-order valence-corrected chi connectivity index (χ4v) is 3.35. The normalized spacial score (nSPS) is 14.2. The van der Waals surface area contributed by atoms with Gasteiger partial charge in [-0.1, -0.05) is 12.1 Å². The van der Waals surface area contributed by atoms with Crippen molar-refractivity contribution in [3.05, 3.63) is 29.3 Å². The molecule has 0 bridgehead atoms. The number of rotatable bonds is 4. The predicted octanol–water partition coefficient (Wildman–Crippen LogP) is 1.50. The first kappa shape index (κ1) is 18.4. The van der Waals surface area contributed by atoms with Gasteiger partial charge in [0.2, 0.25) is 0 Å². The van der Waals surface area contributed by atoms with Crippen LogP contribution < -0.4 is 15.5 Å². The van der Waals surface area contributed by atoms with Gasteiger partial charge in [-0.3, -0.25) is 10.1 Å². The number of imide groups is 1. The number of carbonyl (C=O) groups is 2. The monoisotopic (exact) mass is 349 g/mol. The van der Waals surface area contributed by atoms with Crippen LogP contribution in [0, 0.1) is 0 Å². The summed E-state index contributed by atoms with van der Waals surface area (Å²) in [7, 11) is 1.93. The van der Waals surface area contributed by atoms with Crippen LogP contribution in [0.15, 0.2) is 24.3 Å². The first-order valence-electron chi connectivity index (χ1n) is 7.95. The number of thiazole rings is 1. The Morgan fingerprint density at radius 1 is 1.29 bits per heavy atom. The second-order valence-electron chi connectivity index (χ2n) is 7.02. The third-order valence-electron chi connectivity index (χ3n) is 3.60. The van der Waals surface area contributed by atoms with Gasteiger partial charge in [0.1, 0.15) is 6.04 Å². The van der Waals surface area contributed by atoms with E-state index in [9.17, 15) is 9.59 Å². The van der Waals surface area contributed by atoms with Crippen LogP contribution in [0.5, 0.6) is 0 Å². The number of quaternary nitrogens is 1. The Kier molecular flexibility index (Phi) is 5.56. The lowest BCUT2D eigenvalue weighted by atomic mass is 10.1. The fourth-order valence-electron chi connectivity index (χ4n) is 2.24. The van der Waals surface area contributed by atoms with Crippen LogP contribution in [0.4, 0.5) is 4.79 Å². The molecule has 2 rings (SSSR count). The lowest BCUT2D eigenvalue weighted by molar-refractivity contribution is -0.902. The first-order valence-corrected chi connectivity index (χ1v) is 8.77. The van der Waals surface area contributed by atoms with E-state index in [1.54, 1.807) is 11.3 Å². The van der Waals surface area contributed by atoms with Crippen molar-refractivity contribution in [1.82, 2.24) is 15.6 Å². The minimum atomic E-state index is -0.465. The maximum atomic E-state index is 12.0. The standard InChI is InChI=1S/C17H24N4O2S/c1-11(15-18-12-8-6-7-9-13(12)24-15)21(5)10-14(22)19-16(23)20-17(2,3)4/h6-9,11H,10H2,1-5H3,(H2,19,20,22,23)/p+1/t11-/m0/s1. The number of para-hydroxylation sites is 1. The number of nitrogens with zero attached hydrogens (tertiary/aromatic N) is 1. The zero-order chi connectivity index (χ0) is 17.9. The molecule has 2 atom stereocenters. The summed E-state index contributed by atoms with van der Waals surface area (Å²) in [6.45, 7) is 7.83. The van der Waals surface area contributed by atoms with Crippen LogP contribution in [0.25, 0.3) is 10.2 Å². The molecular weight excluding hydrogens is 324 g/mol. The number of hydrogen-bond donors (Lipinski definition) is 3. The van der Waals surface area contributed by atoms with Crippen molar-refractivity contribution >= 4 is 33.5 Å². The van der Waals surface area contributed by atoms with Crippen LogP contribution in [0.2, 0.25) is 0 Å². The van der Waals surface area contributed by atoms with E-state index in [1.807, 2.05) is 59.0 Å². The van der Waals surface area contributed by atoms with Gasteiger partial charge in [0.05, 0.1) is 17.3 Å². The Balaban J connectivity index is 1.94. The number of fused-ring (bicyclic) bond motifs is 1. The molecule has 0 aliphatic heterocycles. The molecule has 3 amide bonds. The van der Waals surface area contributed by atoms with Crippen LogP contribution in [0.1, 0.15) is 38.7 Å². The SMILES string of the molecule is C[C@@H](c1nc2ccccc2s1)[NH+](C)CC(=O)NC(=O)NC(C)(C)C. The second kappa shape index (κ2) is 7.27. The van der Waals surface area contributed by atoms with E-state index in [0.717, 1.165) is 20.1 Å². The van der Waals surface area contributed by atoms with Gasteiger partial charge in [0.15, 0.2) is 11.6 Å². The fraction of sp³-hybridized carbons (Fsp3) is 0.471. The maximum Gasteiger partial charge on any atom is 0.322 e. The summed E-state index contributed by atoms with van der Waals surface area (Å²) >= 11 is 1.64. The van der Waals surface area contributed by atoms with Crippen LogP contribution in [-0.2, 0) is 4.79 Å². The molecule has 0 saturated carbocycles. The number of amides is 3. The molecular formula is C17H25N4O2S+. The minimum absolute atomic E-state index is 0.0684. The third kappa shape index (κ3) is 5.01. The molecule has 0 spiro atoms. The largest absolute Gasteiger partial charge is 0.333 e. The average molecular weight is 349 g/mol. The topological polar surface area (TPSA) is 75.5 Å². The summed E-state index contributed by atoms with van der Waals surface area (Å²) in [6.07, 6.45) is 0. The molecule has 7 heteroatoms. The Morgan fingerprint density at radius 3 is 2.58 bits per heavy atom. The van der Waals surface area contributed by atoms with E-state index in [-0.39, 0.29) is 24.0 Å². The summed E-state index contributed by atoms with van der Waals surface area (Å²) in [5.41, 5.74) is 0.600. The number of nitrogens with one attached hydrogen (secondary N) is 3. The highest BCUT2D eigenvalue weighted by molar-refractivity contribution is 7.18. The van der Waals surface area contributed by atoms with Crippen molar-refractivity contribution in [1.29, 1.82) is 0 Å². The highest BCUT2D eigenvalue weighted by atomic mass is 32.1. The number of benzene rings is 1. The van der Waals surface area contributed by atoms with Crippen molar-refractivity contribution in [3.63, 3.8) is 0 Å². The van der Waals surface area contributed by atoms with Gasteiger partial charge in [0.25, 0.3) is 5.91 Å². The number of aromatic nitrogens is 1. The molecule has 0 aliphatic rings. The third-order valence-corrected chi connectivity index (χ3v) is 4.82. The second-order valence-corrected chi connectivity index (χ2v) is 8.08. The van der Waals surface area contributed by atoms with E-state index >= 15 is 0 Å². The van der Waals surface area contributed by atoms with Gasteiger partial charge < -0.3 is 10.2 Å². The molecule has 24 heavy (non-hydrogen) atoms. The molecule has 0 fully saturated rings. The molecule has 2 aromatic rings. The zero-order valence-corrected chi connectivity index (χ0v) is 15.6. The van der Waals surface area contributed by atoms with Gasteiger partial charge in [-0.05, 0) is 39.8 Å². The molecule has 6 nitrogen and oxygen atoms in total. The Labute approximate surface area is 146 Å². The van der Waals surface area contributed by atoms with E-state index < -0.39 is 6.03 Å². The maximum absolute atomic E-state index is 12.0. The summed E-state index contributed by atoms with van der Waals surface area (Å²) < 4.78 is 1.14. The molecule has 0 aliphatic carbocycles. The van der Waals surface area contributed by atoms with Crippen molar-refractivity contribution in [2.45, 2.75) is 39.3 Å².